The van der Waals surface area contributed by atoms with E-state index in [1.165, 1.54) is 0 Å². The van der Waals surface area contributed by atoms with Crippen molar-refractivity contribution in [3.05, 3.63) is 82.2 Å². The van der Waals surface area contributed by atoms with E-state index in [1.807, 2.05) is 39.0 Å². The van der Waals surface area contributed by atoms with Crippen LogP contribution in [0.3, 0.4) is 0 Å². The van der Waals surface area contributed by atoms with Crippen molar-refractivity contribution in [1.29, 1.82) is 5.26 Å². The van der Waals surface area contributed by atoms with Crippen molar-refractivity contribution in [2.45, 2.75) is 27.4 Å². The predicted molar refractivity (Wildman–Crippen MR) is 110 cm³/mol. The third-order valence-electron chi connectivity index (χ3n) is 4.43. The number of aryl methyl sites for hydroxylation is 3. The van der Waals surface area contributed by atoms with Gasteiger partial charge in [0.15, 0.2) is 0 Å². The van der Waals surface area contributed by atoms with Crippen molar-refractivity contribution in [3.63, 3.8) is 0 Å². The van der Waals surface area contributed by atoms with Gasteiger partial charge in [-0.15, -0.1) is 0 Å². The minimum atomic E-state index is -0.449. The van der Waals surface area contributed by atoms with Gasteiger partial charge >= 0.3 is 0 Å². The van der Waals surface area contributed by atoms with E-state index in [4.69, 9.17) is 9.26 Å². The number of hydrogen-bond acceptors (Lipinski definition) is 5. The topological polar surface area (TPSA) is 88.2 Å². The van der Waals surface area contributed by atoms with E-state index in [9.17, 15) is 10.1 Å². The van der Waals surface area contributed by atoms with E-state index < -0.39 is 5.91 Å². The van der Waals surface area contributed by atoms with Crippen molar-refractivity contribution in [2.75, 3.05) is 5.32 Å². The molecule has 29 heavy (non-hydrogen) atoms. The number of nitrogens with zero attached hydrogens (tertiary/aromatic N) is 2. The molecule has 0 unspecified atom stereocenters. The smallest absolute Gasteiger partial charge is 0.266 e. The van der Waals surface area contributed by atoms with Gasteiger partial charge in [0, 0.05) is 5.69 Å². The molecule has 1 aromatic heterocycles. The Balaban J connectivity index is 1.66. The molecule has 0 saturated carbocycles. The molecule has 2 aromatic carbocycles. The second kappa shape index (κ2) is 8.89. The van der Waals surface area contributed by atoms with Crippen LogP contribution in [0.15, 0.2) is 58.6 Å². The van der Waals surface area contributed by atoms with Crippen molar-refractivity contribution < 1.29 is 14.1 Å². The van der Waals surface area contributed by atoms with Gasteiger partial charge in [0.2, 0.25) is 0 Å². The number of nitrogens with one attached hydrogen (secondary N) is 1. The van der Waals surface area contributed by atoms with Crippen LogP contribution in [0.1, 0.15) is 28.1 Å². The number of anilines is 1. The van der Waals surface area contributed by atoms with Crippen molar-refractivity contribution in [3.8, 4) is 11.8 Å². The van der Waals surface area contributed by atoms with Gasteiger partial charge in [0.05, 0.1) is 11.3 Å². The second-order valence-corrected chi connectivity index (χ2v) is 6.65. The Morgan fingerprint density at radius 2 is 1.83 bits per heavy atom. The SMILES string of the molecule is Cc1ccc(NC(=O)/C(C#N)=C/c2ccc(OCc3c(C)noc3C)cc2)cc1. The molecule has 0 aliphatic carbocycles. The molecule has 0 saturated heterocycles. The molecular weight excluding hydrogens is 366 g/mol. The third kappa shape index (κ3) is 5.11. The highest BCUT2D eigenvalue weighted by molar-refractivity contribution is 6.09. The maximum absolute atomic E-state index is 12.4. The van der Waals surface area contributed by atoms with Gasteiger partial charge in [-0.05, 0) is 56.7 Å². The summed E-state index contributed by atoms with van der Waals surface area (Å²) in [4.78, 5) is 12.4. The van der Waals surface area contributed by atoms with Crippen molar-refractivity contribution in [1.82, 2.24) is 5.16 Å². The molecule has 6 nitrogen and oxygen atoms in total. The first-order chi connectivity index (χ1) is 14.0. The number of aromatic nitrogens is 1. The number of ether oxygens (including phenoxy) is 1. The van der Waals surface area contributed by atoms with Crippen LogP contribution in [0.5, 0.6) is 5.75 Å². The minimum absolute atomic E-state index is 0.0231. The fourth-order valence-electron chi connectivity index (χ4n) is 2.67. The first-order valence-corrected chi connectivity index (χ1v) is 9.10. The Bertz CT molecular complexity index is 1050. The number of benzene rings is 2. The molecule has 6 heteroatoms. The fraction of sp³-hybridized carbons (Fsp3) is 0.174. The number of amides is 1. The summed E-state index contributed by atoms with van der Waals surface area (Å²) in [5.74, 6) is 0.958. The average Bonchev–Trinajstić information content (AvgIpc) is 3.04. The summed E-state index contributed by atoms with van der Waals surface area (Å²) in [6.07, 6.45) is 1.54. The minimum Gasteiger partial charge on any atom is -0.489 e. The van der Waals surface area contributed by atoms with Gasteiger partial charge in [-0.3, -0.25) is 4.79 Å². The van der Waals surface area contributed by atoms with Crippen LogP contribution < -0.4 is 10.1 Å². The van der Waals surface area contributed by atoms with Crippen LogP contribution in [0.4, 0.5) is 5.69 Å². The normalized spacial score (nSPS) is 11.0. The number of rotatable bonds is 6. The van der Waals surface area contributed by atoms with Gasteiger partial charge in [0.1, 0.15) is 29.8 Å². The molecule has 3 aromatic rings. The van der Waals surface area contributed by atoms with Crippen molar-refractivity contribution in [2.24, 2.45) is 0 Å². The Kier molecular flexibility index (Phi) is 6.10. The standard InChI is InChI=1S/C23H21N3O3/c1-15-4-8-20(9-5-15)25-23(27)19(13-24)12-18-6-10-21(11-7-18)28-14-22-16(2)26-29-17(22)3/h4-12H,14H2,1-3H3,(H,25,27)/b19-12+. The first-order valence-electron chi connectivity index (χ1n) is 9.10. The highest BCUT2D eigenvalue weighted by Gasteiger charge is 2.11. The van der Waals surface area contributed by atoms with E-state index >= 15 is 0 Å². The first kappa shape index (κ1) is 19.9. The predicted octanol–water partition coefficient (Wildman–Crippen LogP) is 4.72. The second-order valence-electron chi connectivity index (χ2n) is 6.65. The maximum atomic E-state index is 12.4. The summed E-state index contributed by atoms with van der Waals surface area (Å²) in [5, 5.41) is 16.0. The maximum Gasteiger partial charge on any atom is 0.266 e. The molecule has 146 valence electrons. The van der Waals surface area contributed by atoms with Gasteiger partial charge in [-0.2, -0.15) is 5.26 Å². The van der Waals surface area contributed by atoms with Crippen LogP contribution >= 0.6 is 0 Å². The number of carbonyl (C=O) groups excluding carboxylic acids is 1. The molecule has 1 heterocycles. The van der Waals surface area contributed by atoms with E-state index in [2.05, 4.69) is 10.5 Å². The molecule has 0 atom stereocenters. The molecule has 0 bridgehead atoms. The number of hydrogen-bond donors (Lipinski definition) is 1. The molecule has 0 fully saturated rings. The summed E-state index contributed by atoms with van der Waals surface area (Å²) in [7, 11) is 0. The highest BCUT2D eigenvalue weighted by Crippen LogP contribution is 2.19. The van der Waals surface area contributed by atoms with Gasteiger partial charge < -0.3 is 14.6 Å². The lowest BCUT2D eigenvalue weighted by atomic mass is 10.1. The van der Waals surface area contributed by atoms with E-state index in [1.54, 1.807) is 42.5 Å². The zero-order valence-electron chi connectivity index (χ0n) is 16.5. The van der Waals surface area contributed by atoms with Gasteiger partial charge in [-0.25, -0.2) is 0 Å². The lowest BCUT2D eigenvalue weighted by molar-refractivity contribution is -0.112. The molecular formula is C23H21N3O3. The lowest BCUT2D eigenvalue weighted by Gasteiger charge is -2.07. The Morgan fingerprint density at radius 1 is 1.14 bits per heavy atom. The van der Waals surface area contributed by atoms with E-state index in [-0.39, 0.29) is 5.57 Å². The third-order valence-corrected chi connectivity index (χ3v) is 4.43. The summed E-state index contributed by atoms with van der Waals surface area (Å²) < 4.78 is 10.9. The molecule has 0 radical (unpaired) electrons. The van der Waals surface area contributed by atoms with Crippen LogP contribution in [0.2, 0.25) is 0 Å². The summed E-state index contributed by atoms with van der Waals surface area (Å²) in [6.45, 7) is 6.04. The number of carbonyl (C=O) groups is 1. The Hall–Kier alpha value is -3.85. The zero-order valence-corrected chi connectivity index (χ0v) is 16.5. The quantitative estimate of drug-likeness (QED) is 0.488. The summed E-state index contributed by atoms with van der Waals surface area (Å²) >= 11 is 0. The van der Waals surface area contributed by atoms with Gasteiger partial charge in [0.25, 0.3) is 5.91 Å². The van der Waals surface area contributed by atoms with Gasteiger partial charge in [-0.1, -0.05) is 35.0 Å². The molecule has 3 rings (SSSR count). The molecule has 0 aliphatic heterocycles. The lowest BCUT2D eigenvalue weighted by Crippen LogP contribution is -2.13. The highest BCUT2D eigenvalue weighted by atomic mass is 16.5. The molecule has 1 N–H and O–H groups in total. The monoisotopic (exact) mass is 387 g/mol. The number of nitriles is 1. The van der Waals surface area contributed by atoms with Crippen LogP contribution in [-0.4, -0.2) is 11.1 Å². The molecule has 0 spiro atoms. The van der Waals surface area contributed by atoms with Crippen molar-refractivity contribution >= 4 is 17.7 Å². The molecule has 1 amide bonds. The summed E-state index contributed by atoms with van der Waals surface area (Å²) in [6, 6.07) is 16.5. The van der Waals surface area contributed by atoms with E-state index in [0.29, 0.717) is 18.0 Å². The Morgan fingerprint density at radius 3 is 2.41 bits per heavy atom. The summed E-state index contributed by atoms with van der Waals surface area (Å²) in [5.41, 5.74) is 4.22. The fourth-order valence-corrected chi connectivity index (χ4v) is 2.67. The zero-order chi connectivity index (χ0) is 20.8. The largest absolute Gasteiger partial charge is 0.489 e. The van der Waals surface area contributed by atoms with Crippen LogP contribution in [0.25, 0.3) is 6.08 Å². The Labute approximate surface area is 169 Å². The molecule has 0 aliphatic rings. The average molecular weight is 387 g/mol. The van der Waals surface area contributed by atoms with Crippen LogP contribution in [-0.2, 0) is 11.4 Å². The van der Waals surface area contributed by atoms with Crippen LogP contribution in [0, 0.1) is 32.1 Å². The van der Waals surface area contributed by atoms with E-state index in [0.717, 1.165) is 28.1 Å².